The lowest BCUT2D eigenvalue weighted by molar-refractivity contribution is 0.427. The van der Waals surface area contributed by atoms with Gasteiger partial charge in [0.25, 0.3) is 0 Å². The molecule has 4 nitrogen and oxygen atoms in total. The molecule has 0 radical (unpaired) electrons. The van der Waals surface area contributed by atoms with Gasteiger partial charge in [0.1, 0.15) is 5.75 Å². The fourth-order valence-corrected chi connectivity index (χ4v) is 2.10. The summed E-state index contributed by atoms with van der Waals surface area (Å²) in [5, 5.41) is 12.5. The molecule has 1 aromatic heterocycles. The maximum atomic E-state index is 9.25. The maximum Gasteiger partial charge on any atom is 0.115 e. The number of nitrogens with zero attached hydrogens (tertiary/aromatic N) is 2. The van der Waals surface area contributed by atoms with Crippen molar-refractivity contribution in [1.29, 1.82) is 0 Å². The first-order valence-electron chi connectivity index (χ1n) is 5.81. The third kappa shape index (κ3) is 2.03. The zero-order chi connectivity index (χ0) is 11.7. The van der Waals surface area contributed by atoms with Gasteiger partial charge in [-0.05, 0) is 17.7 Å². The number of phenols is 1. The highest BCUT2D eigenvalue weighted by Gasteiger charge is 2.22. The standard InChI is InChI=1S/C13H15N3O/c17-12-3-1-10(2-4-12)8-16-9-15-7-13(16)11-5-14-6-11/h1-4,7,9,11,14,17H,5-6,8H2. The van der Waals surface area contributed by atoms with Crippen LogP contribution in [-0.2, 0) is 6.54 Å². The summed E-state index contributed by atoms with van der Waals surface area (Å²) in [7, 11) is 0. The number of benzene rings is 1. The summed E-state index contributed by atoms with van der Waals surface area (Å²) in [5.41, 5.74) is 2.46. The SMILES string of the molecule is Oc1ccc(Cn2cncc2C2CNC2)cc1. The first kappa shape index (κ1) is 10.4. The molecule has 0 unspecified atom stereocenters. The molecule has 0 atom stereocenters. The van der Waals surface area contributed by atoms with Crippen LogP contribution in [0.5, 0.6) is 5.75 Å². The van der Waals surface area contributed by atoms with E-state index in [9.17, 15) is 5.11 Å². The van der Waals surface area contributed by atoms with Crippen molar-refractivity contribution in [2.75, 3.05) is 13.1 Å². The van der Waals surface area contributed by atoms with Crippen molar-refractivity contribution in [3.8, 4) is 5.75 Å². The van der Waals surface area contributed by atoms with E-state index in [0.717, 1.165) is 19.6 Å². The lowest BCUT2D eigenvalue weighted by Crippen LogP contribution is -2.40. The van der Waals surface area contributed by atoms with Crippen LogP contribution in [0.4, 0.5) is 0 Å². The fourth-order valence-electron chi connectivity index (χ4n) is 2.10. The van der Waals surface area contributed by atoms with Crippen LogP contribution in [0, 0.1) is 0 Å². The van der Waals surface area contributed by atoms with Crippen molar-refractivity contribution < 1.29 is 5.11 Å². The average Bonchev–Trinajstić information content (AvgIpc) is 2.68. The quantitative estimate of drug-likeness (QED) is 0.834. The van der Waals surface area contributed by atoms with Gasteiger partial charge in [-0.15, -0.1) is 0 Å². The van der Waals surface area contributed by atoms with E-state index in [1.807, 2.05) is 24.7 Å². The van der Waals surface area contributed by atoms with Crippen LogP contribution < -0.4 is 5.32 Å². The Labute approximate surface area is 99.9 Å². The van der Waals surface area contributed by atoms with E-state index < -0.39 is 0 Å². The predicted octanol–water partition coefficient (Wildman–Crippen LogP) is 1.32. The first-order chi connectivity index (χ1) is 8.33. The Morgan fingerprint density at radius 2 is 2.06 bits per heavy atom. The Bertz CT molecular complexity index is 500. The Kier molecular flexibility index (Phi) is 2.57. The molecule has 88 valence electrons. The number of hydrogen-bond acceptors (Lipinski definition) is 3. The minimum absolute atomic E-state index is 0.308. The Balaban J connectivity index is 1.80. The molecule has 4 heteroatoms. The lowest BCUT2D eigenvalue weighted by atomic mass is 10.00. The summed E-state index contributed by atoms with van der Waals surface area (Å²) in [5.74, 6) is 0.900. The zero-order valence-corrected chi connectivity index (χ0v) is 9.50. The molecule has 1 aromatic carbocycles. The second-order valence-electron chi connectivity index (χ2n) is 4.47. The predicted molar refractivity (Wildman–Crippen MR) is 65.0 cm³/mol. The third-order valence-corrected chi connectivity index (χ3v) is 3.23. The van der Waals surface area contributed by atoms with Gasteiger partial charge < -0.3 is 15.0 Å². The monoisotopic (exact) mass is 229 g/mol. The summed E-state index contributed by atoms with van der Waals surface area (Å²) >= 11 is 0. The van der Waals surface area contributed by atoms with E-state index in [0.29, 0.717) is 11.7 Å². The van der Waals surface area contributed by atoms with Crippen molar-refractivity contribution >= 4 is 0 Å². The number of hydrogen-bond donors (Lipinski definition) is 2. The van der Waals surface area contributed by atoms with Crippen LogP contribution in [0.2, 0.25) is 0 Å². The molecule has 1 aliphatic heterocycles. The van der Waals surface area contributed by atoms with Crippen LogP contribution in [0.15, 0.2) is 36.8 Å². The first-order valence-corrected chi connectivity index (χ1v) is 5.81. The highest BCUT2D eigenvalue weighted by molar-refractivity contribution is 5.26. The van der Waals surface area contributed by atoms with Crippen molar-refractivity contribution in [2.45, 2.75) is 12.5 Å². The van der Waals surface area contributed by atoms with Crippen LogP contribution in [0.1, 0.15) is 17.2 Å². The van der Waals surface area contributed by atoms with Gasteiger partial charge in [-0.2, -0.15) is 0 Å². The van der Waals surface area contributed by atoms with E-state index in [1.54, 1.807) is 12.1 Å². The van der Waals surface area contributed by atoms with E-state index in [4.69, 9.17) is 0 Å². The Morgan fingerprint density at radius 1 is 1.29 bits per heavy atom. The summed E-state index contributed by atoms with van der Waals surface area (Å²) in [4.78, 5) is 4.22. The molecule has 2 N–H and O–H groups in total. The number of aromatic nitrogens is 2. The Hall–Kier alpha value is -1.81. The maximum absolute atomic E-state index is 9.25. The molecule has 2 heterocycles. The largest absolute Gasteiger partial charge is 0.508 e. The van der Waals surface area contributed by atoms with E-state index in [2.05, 4.69) is 14.9 Å². The topological polar surface area (TPSA) is 50.1 Å². The van der Waals surface area contributed by atoms with Crippen LogP contribution >= 0.6 is 0 Å². The van der Waals surface area contributed by atoms with Gasteiger partial charge in [0.2, 0.25) is 0 Å². The third-order valence-electron chi connectivity index (χ3n) is 3.23. The zero-order valence-electron chi connectivity index (χ0n) is 9.50. The molecular formula is C13H15N3O. The van der Waals surface area contributed by atoms with Crippen LogP contribution in [0.3, 0.4) is 0 Å². The Morgan fingerprint density at radius 3 is 2.71 bits per heavy atom. The van der Waals surface area contributed by atoms with Gasteiger partial charge >= 0.3 is 0 Å². The molecule has 0 saturated carbocycles. The molecule has 0 bridgehead atoms. The van der Waals surface area contributed by atoms with Crippen molar-refractivity contribution in [2.24, 2.45) is 0 Å². The number of imidazole rings is 1. The van der Waals surface area contributed by atoms with E-state index >= 15 is 0 Å². The number of nitrogens with one attached hydrogen (secondary N) is 1. The lowest BCUT2D eigenvalue weighted by Gasteiger charge is -2.27. The van der Waals surface area contributed by atoms with Gasteiger partial charge in [-0.25, -0.2) is 4.98 Å². The van der Waals surface area contributed by atoms with Crippen molar-refractivity contribution in [3.63, 3.8) is 0 Å². The molecule has 0 aliphatic carbocycles. The number of phenolic OH excluding ortho intramolecular Hbond substituents is 1. The van der Waals surface area contributed by atoms with Crippen molar-refractivity contribution in [3.05, 3.63) is 48.0 Å². The molecule has 1 fully saturated rings. The highest BCUT2D eigenvalue weighted by Crippen LogP contribution is 2.20. The van der Waals surface area contributed by atoms with Gasteiger partial charge in [0.05, 0.1) is 6.33 Å². The van der Waals surface area contributed by atoms with Crippen LogP contribution in [-0.4, -0.2) is 27.7 Å². The molecule has 0 spiro atoms. The number of aromatic hydroxyl groups is 1. The fraction of sp³-hybridized carbons (Fsp3) is 0.308. The van der Waals surface area contributed by atoms with E-state index in [1.165, 1.54) is 11.3 Å². The molecule has 2 aromatic rings. The van der Waals surface area contributed by atoms with Gasteiger partial charge in [-0.3, -0.25) is 0 Å². The van der Waals surface area contributed by atoms with Gasteiger partial charge in [0.15, 0.2) is 0 Å². The second kappa shape index (κ2) is 4.22. The summed E-state index contributed by atoms with van der Waals surface area (Å²) in [6.45, 7) is 2.90. The van der Waals surface area contributed by atoms with Crippen LogP contribution in [0.25, 0.3) is 0 Å². The molecular weight excluding hydrogens is 214 g/mol. The minimum atomic E-state index is 0.308. The van der Waals surface area contributed by atoms with Gasteiger partial charge in [-0.1, -0.05) is 12.1 Å². The smallest absolute Gasteiger partial charge is 0.115 e. The van der Waals surface area contributed by atoms with E-state index in [-0.39, 0.29) is 0 Å². The average molecular weight is 229 g/mol. The molecule has 1 aliphatic rings. The second-order valence-corrected chi connectivity index (χ2v) is 4.47. The minimum Gasteiger partial charge on any atom is -0.508 e. The molecule has 3 rings (SSSR count). The summed E-state index contributed by atoms with van der Waals surface area (Å²) < 4.78 is 2.18. The highest BCUT2D eigenvalue weighted by atomic mass is 16.3. The molecule has 0 amide bonds. The van der Waals surface area contributed by atoms with Gasteiger partial charge in [0, 0.05) is 37.4 Å². The summed E-state index contributed by atoms with van der Waals surface area (Å²) in [6, 6.07) is 7.32. The van der Waals surface area contributed by atoms with Crippen molar-refractivity contribution in [1.82, 2.24) is 14.9 Å². The number of rotatable bonds is 3. The summed E-state index contributed by atoms with van der Waals surface area (Å²) in [6.07, 6.45) is 3.83. The normalized spacial score (nSPS) is 15.8. The molecule has 1 saturated heterocycles. The molecule has 17 heavy (non-hydrogen) atoms.